The SMILES string of the molecule is O=C(CSc1nnc(-c2ccco2)n1C1CCCCC1)Nc1ccc(OC(F)(F)F)cc1. The molecule has 1 aromatic carbocycles. The third-order valence-corrected chi connectivity index (χ3v) is 5.99. The molecule has 0 radical (unpaired) electrons. The molecule has 7 nitrogen and oxygen atoms in total. The molecule has 1 aliphatic carbocycles. The van der Waals surface area contributed by atoms with Crippen LogP contribution in [-0.4, -0.2) is 32.8 Å². The van der Waals surface area contributed by atoms with Crippen molar-refractivity contribution in [1.29, 1.82) is 0 Å². The highest BCUT2D eigenvalue weighted by Gasteiger charge is 2.31. The molecule has 11 heteroatoms. The Labute approximate surface area is 186 Å². The Bertz CT molecular complexity index is 1030. The lowest BCUT2D eigenvalue weighted by molar-refractivity contribution is -0.274. The second-order valence-electron chi connectivity index (χ2n) is 7.35. The van der Waals surface area contributed by atoms with Gasteiger partial charge >= 0.3 is 6.36 Å². The maximum atomic E-state index is 12.4. The van der Waals surface area contributed by atoms with Crippen molar-refractivity contribution in [2.45, 2.75) is 49.7 Å². The number of alkyl halides is 3. The molecule has 4 rings (SSSR count). The van der Waals surface area contributed by atoms with Gasteiger partial charge in [-0.2, -0.15) is 0 Å². The number of benzene rings is 1. The van der Waals surface area contributed by atoms with E-state index in [1.54, 1.807) is 12.3 Å². The maximum absolute atomic E-state index is 12.4. The van der Waals surface area contributed by atoms with Crippen molar-refractivity contribution in [3.63, 3.8) is 0 Å². The highest BCUT2D eigenvalue weighted by Crippen LogP contribution is 2.35. The van der Waals surface area contributed by atoms with Crippen molar-refractivity contribution in [3.8, 4) is 17.3 Å². The molecule has 0 aliphatic heterocycles. The summed E-state index contributed by atoms with van der Waals surface area (Å²) in [4.78, 5) is 12.4. The average molecular weight is 466 g/mol. The Balaban J connectivity index is 1.41. The van der Waals surface area contributed by atoms with Crippen LogP contribution in [-0.2, 0) is 4.79 Å². The zero-order valence-corrected chi connectivity index (χ0v) is 17.8. The number of carbonyl (C=O) groups is 1. The molecule has 1 amide bonds. The van der Waals surface area contributed by atoms with Gasteiger partial charge in [-0.05, 0) is 49.2 Å². The van der Waals surface area contributed by atoms with Crippen molar-refractivity contribution >= 4 is 23.4 Å². The number of carbonyl (C=O) groups excluding carboxylic acids is 1. The average Bonchev–Trinajstić information content (AvgIpc) is 3.43. The molecule has 0 bridgehead atoms. The summed E-state index contributed by atoms with van der Waals surface area (Å²) in [5.41, 5.74) is 0.371. The van der Waals surface area contributed by atoms with Gasteiger partial charge in [0, 0.05) is 11.7 Å². The molecule has 32 heavy (non-hydrogen) atoms. The van der Waals surface area contributed by atoms with E-state index in [2.05, 4.69) is 24.8 Å². The molecular weight excluding hydrogens is 445 g/mol. The predicted octanol–water partition coefficient (Wildman–Crippen LogP) is 5.67. The molecule has 0 atom stereocenters. The summed E-state index contributed by atoms with van der Waals surface area (Å²) in [7, 11) is 0. The number of hydrogen-bond acceptors (Lipinski definition) is 6. The largest absolute Gasteiger partial charge is 0.573 e. The van der Waals surface area contributed by atoms with E-state index in [0.717, 1.165) is 37.8 Å². The van der Waals surface area contributed by atoms with Gasteiger partial charge in [0.2, 0.25) is 11.7 Å². The van der Waals surface area contributed by atoms with Crippen LogP contribution in [0.25, 0.3) is 11.6 Å². The van der Waals surface area contributed by atoms with Crippen molar-refractivity contribution in [2.75, 3.05) is 11.1 Å². The zero-order chi connectivity index (χ0) is 22.6. The molecule has 0 spiro atoms. The topological polar surface area (TPSA) is 82.2 Å². The summed E-state index contributed by atoms with van der Waals surface area (Å²) in [6, 6.07) is 8.85. The Hall–Kier alpha value is -2.95. The first-order valence-corrected chi connectivity index (χ1v) is 11.1. The van der Waals surface area contributed by atoms with Gasteiger partial charge in [-0.3, -0.25) is 9.36 Å². The van der Waals surface area contributed by atoms with E-state index in [0.29, 0.717) is 22.4 Å². The number of furan rings is 1. The molecule has 170 valence electrons. The van der Waals surface area contributed by atoms with E-state index >= 15 is 0 Å². The number of nitrogens with zero attached hydrogens (tertiary/aromatic N) is 3. The number of rotatable bonds is 7. The molecule has 1 aliphatic rings. The molecule has 3 aromatic rings. The third kappa shape index (κ3) is 5.64. The van der Waals surface area contributed by atoms with E-state index in [1.807, 2.05) is 6.07 Å². The van der Waals surface area contributed by atoms with Gasteiger partial charge in [0.1, 0.15) is 5.75 Å². The highest BCUT2D eigenvalue weighted by molar-refractivity contribution is 7.99. The fourth-order valence-electron chi connectivity index (χ4n) is 3.68. The first kappa shape index (κ1) is 22.3. The smallest absolute Gasteiger partial charge is 0.461 e. The fraction of sp³-hybridized carbons (Fsp3) is 0.381. The van der Waals surface area contributed by atoms with Gasteiger partial charge in [-0.15, -0.1) is 23.4 Å². The zero-order valence-electron chi connectivity index (χ0n) is 17.0. The highest BCUT2D eigenvalue weighted by atomic mass is 32.2. The number of nitrogens with one attached hydrogen (secondary N) is 1. The summed E-state index contributed by atoms with van der Waals surface area (Å²) in [6.07, 6.45) is 2.30. The Morgan fingerprint density at radius 3 is 2.56 bits per heavy atom. The molecule has 2 heterocycles. The lowest BCUT2D eigenvalue weighted by Crippen LogP contribution is -2.18. The van der Waals surface area contributed by atoms with Crippen LogP contribution < -0.4 is 10.1 Å². The van der Waals surface area contributed by atoms with Crippen LogP contribution >= 0.6 is 11.8 Å². The number of ether oxygens (including phenoxy) is 1. The molecule has 2 aromatic heterocycles. The summed E-state index contributed by atoms with van der Waals surface area (Å²) >= 11 is 1.26. The second kappa shape index (κ2) is 9.68. The Kier molecular flexibility index (Phi) is 6.73. The molecular formula is C21H21F3N4O3S. The normalized spacial score (nSPS) is 15.0. The Morgan fingerprint density at radius 1 is 1.16 bits per heavy atom. The first-order chi connectivity index (χ1) is 15.4. The molecule has 1 N–H and O–H groups in total. The van der Waals surface area contributed by atoms with Gasteiger partial charge in [0.25, 0.3) is 0 Å². The molecule has 1 saturated carbocycles. The van der Waals surface area contributed by atoms with Crippen molar-refractivity contribution in [1.82, 2.24) is 14.8 Å². The minimum Gasteiger partial charge on any atom is -0.461 e. The summed E-state index contributed by atoms with van der Waals surface area (Å²) < 4.78 is 48.2. The molecule has 1 fully saturated rings. The van der Waals surface area contributed by atoms with Crippen LogP contribution in [0.15, 0.2) is 52.2 Å². The number of amides is 1. The van der Waals surface area contributed by atoms with Gasteiger partial charge in [-0.1, -0.05) is 31.0 Å². The van der Waals surface area contributed by atoms with E-state index < -0.39 is 6.36 Å². The van der Waals surface area contributed by atoms with Gasteiger partial charge < -0.3 is 14.5 Å². The fourth-order valence-corrected chi connectivity index (χ4v) is 4.49. The quantitative estimate of drug-likeness (QED) is 0.452. The van der Waals surface area contributed by atoms with Crippen LogP contribution in [0.4, 0.5) is 18.9 Å². The van der Waals surface area contributed by atoms with E-state index in [1.165, 1.54) is 30.3 Å². The number of halogens is 3. The lowest BCUT2D eigenvalue weighted by Gasteiger charge is -2.25. The number of thioether (sulfide) groups is 1. The van der Waals surface area contributed by atoms with Crippen LogP contribution in [0.2, 0.25) is 0 Å². The van der Waals surface area contributed by atoms with Gasteiger partial charge in [0.15, 0.2) is 10.9 Å². The lowest BCUT2D eigenvalue weighted by atomic mass is 9.95. The molecule has 0 saturated heterocycles. The second-order valence-corrected chi connectivity index (χ2v) is 8.30. The summed E-state index contributed by atoms with van der Waals surface area (Å²) in [5, 5.41) is 11.9. The number of aromatic nitrogens is 3. The van der Waals surface area contributed by atoms with Crippen LogP contribution in [0, 0.1) is 0 Å². The van der Waals surface area contributed by atoms with Crippen molar-refractivity contribution < 1.29 is 27.1 Å². The third-order valence-electron chi connectivity index (χ3n) is 5.05. The van der Waals surface area contributed by atoms with Gasteiger partial charge in [0.05, 0.1) is 12.0 Å². The maximum Gasteiger partial charge on any atom is 0.573 e. The minimum atomic E-state index is -4.76. The Morgan fingerprint density at radius 2 is 1.91 bits per heavy atom. The minimum absolute atomic E-state index is 0.0732. The van der Waals surface area contributed by atoms with Crippen LogP contribution in [0.3, 0.4) is 0 Å². The first-order valence-electron chi connectivity index (χ1n) is 10.2. The monoisotopic (exact) mass is 466 g/mol. The number of hydrogen-bond donors (Lipinski definition) is 1. The standard InChI is InChI=1S/C21H21F3N4O3S/c22-21(23,24)31-16-10-8-14(9-11-16)25-18(29)13-32-20-27-26-19(17-7-4-12-30-17)28(20)15-5-2-1-3-6-15/h4,7-12,15H,1-3,5-6,13H2,(H,25,29). The number of anilines is 1. The summed E-state index contributed by atoms with van der Waals surface area (Å²) in [5.74, 6) is 0.683. The van der Waals surface area contributed by atoms with E-state index in [4.69, 9.17) is 4.42 Å². The summed E-state index contributed by atoms with van der Waals surface area (Å²) in [6.45, 7) is 0. The van der Waals surface area contributed by atoms with Crippen molar-refractivity contribution in [3.05, 3.63) is 42.7 Å². The van der Waals surface area contributed by atoms with Gasteiger partial charge in [-0.25, -0.2) is 0 Å². The van der Waals surface area contributed by atoms with Crippen LogP contribution in [0.1, 0.15) is 38.1 Å². The molecule has 0 unspecified atom stereocenters. The predicted molar refractivity (Wildman–Crippen MR) is 112 cm³/mol. The van der Waals surface area contributed by atoms with E-state index in [9.17, 15) is 18.0 Å². The van der Waals surface area contributed by atoms with E-state index in [-0.39, 0.29) is 23.5 Å². The van der Waals surface area contributed by atoms with Crippen LogP contribution in [0.5, 0.6) is 5.75 Å². The van der Waals surface area contributed by atoms with Crippen molar-refractivity contribution in [2.24, 2.45) is 0 Å².